The normalized spacial score (nSPS) is 10.7. The maximum Gasteiger partial charge on any atom is 0.223 e. The van der Waals surface area contributed by atoms with E-state index in [0.29, 0.717) is 5.13 Å². The van der Waals surface area contributed by atoms with Gasteiger partial charge in [0.05, 0.1) is 5.69 Å². The highest BCUT2D eigenvalue weighted by molar-refractivity contribution is 7.14. The summed E-state index contributed by atoms with van der Waals surface area (Å²) < 4.78 is 0. The molecule has 2 rings (SSSR count). The predicted molar refractivity (Wildman–Crippen MR) is 76.2 cm³/mol. The lowest BCUT2D eigenvalue weighted by molar-refractivity contribution is -0.114. The SMILES string of the molecule is CC(=O)Nc1nc(/C=C/c2ccc(N)cc2)cs1. The summed E-state index contributed by atoms with van der Waals surface area (Å²) in [4.78, 5) is 15.1. The number of carbonyl (C=O) groups excluding carboxylic acids is 1. The van der Waals surface area contributed by atoms with Crippen LogP contribution in [0.5, 0.6) is 0 Å². The number of benzene rings is 1. The minimum absolute atomic E-state index is 0.113. The van der Waals surface area contributed by atoms with E-state index in [2.05, 4.69) is 10.3 Å². The molecule has 0 saturated carbocycles. The summed E-state index contributed by atoms with van der Waals surface area (Å²) in [5, 5.41) is 5.15. The Morgan fingerprint density at radius 1 is 1.33 bits per heavy atom. The van der Waals surface area contributed by atoms with Crippen LogP contribution in [0.4, 0.5) is 10.8 Å². The van der Waals surface area contributed by atoms with Crippen LogP contribution in [0, 0.1) is 0 Å². The zero-order valence-corrected chi connectivity index (χ0v) is 10.7. The third-order valence-corrected chi connectivity index (χ3v) is 2.96. The minimum atomic E-state index is -0.113. The van der Waals surface area contributed by atoms with E-state index in [1.165, 1.54) is 18.3 Å². The van der Waals surface area contributed by atoms with Crippen molar-refractivity contribution in [3.63, 3.8) is 0 Å². The second kappa shape index (κ2) is 5.46. The van der Waals surface area contributed by atoms with E-state index >= 15 is 0 Å². The Labute approximate surface area is 109 Å². The zero-order chi connectivity index (χ0) is 13.0. The van der Waals surface area contributed by atoms with Crippen LogP contribution in [0.25, 0.3) is 12.2 Å². The first-order valence-corrected chi connectivity index (χ1v) is 6.28. The fourth-order valence-electron chi connectivity index (χ4n) is 1.36. The van der Waals surface area contributed by atoms with Crippen molar-refractivity contribution in [2.24, 2.45) is 0 Å². The van der Waals surface area contributed by atoms with Crippen molar-refractivity contribution in [3.05, 3.63) is 40.9 Å². The largest absolute Gasteiger partial charge is 0.399 e. The van der Waals surface area contributed by atoms with E-state index in [0.717, 1.165) is 16.9 Å². The molecule has 5 heteroatoms. The number of rotatable bonds is 3. The summed E-state index contributed by atoms with van der Waals surface area (Å²) in [6.07, 6.45) is 3.85. The van der Waals surface area contributed by atoms with E-state index in [9.17, 15) is 4.79 Å². The molecule has 0 aliphatic heterocycles. The number of anilines is 2. The van der Waals surface area contributed by atoms with E-state index in [-0.39, 0.29) is 5.91 Å². The number of amides is 1. The van der Waals surface area contributed by atoms with Crippen molar-refractivity contribution in [1.29, 1.82) is 0 Å². The highest BCUT2D eigenvalue weighted by Gasteiger charge is 2.00. The molecule has 0 atom stereocenters. The maximum absolute atomic E-state index is 10.9. The molecule has 0 aliphatic rings. The van der Waals surface area contributed by atoms with Gasteiger partial charge >= 0.3 is 0 Å². The molecule has 0 aliphatic carbocycles. The smallest absolute Gasteiger partial charge is 0.223 e. The van der Waals surface area contributed by atoms with Crippen LogP contribution in [0.1, 0.15) is 18.2 Å². The maximum atomic E-state index is 10.9. The van der Waals surface area contributed by atoms with E-state index in [1.807, 2.05) is 41.8 Å². The van der Waals surface area contributed by atoms with Gasteiger partial charge in [-0.3, -0.25) is 4.79 Å². The first-order valence-electron chi connectivity index (χ1n) is 5.40. The Balaban J connectivity index is 2.06. The van der Waals surface area contributed by atoms with Gasteiger partial charge in [0.25, 0.3) is 0 Å². The van der Waals surface area contributed by atoms with Crippen LogP contribution in [-0.2, 0) is 4.79 Å². The topological polar surface area (TPSA) is 68.0 Å². The minimum Gasteiger partial charge on any atom is -0.399 e. The van der Waals surface area contributed by atoms with Gasteiger partial charge in [-0.2, -0.15) is 0 Å². The van der Waals surface area contributed by atoms with E-state index in [4.69, 9.17) is 5.73 Å². The van der Waals surface area contributed by atoms with Crippen molar-refractivity contribution < 1.29 is 4.79 Å². The molecule has 1 aromatic heterocycles. The van der Waals surface area contributed by atoms with Crippen LogP contribution in [0.15, 0.2) is 29.6 Å². The molecule has 4 nitrogen and oxygen atoms in total. The van der Waals surface area contributed by atoms with Crippen LogP contribution >= 0.6 is 11.3 Å². The summed E-state index contributed by atoms with van der Waals surface area (Å²) in [7, 11) is 0. The van der Waals surface area contributed by atoms with Gasteiger partial charge < -0.3 is 11.1 Å². The third-order valence-electron chi connectivity index (χ3n) is 2.19. The number of hydrogen-bond donors (Lipinski definition) is 2. The molecule has 0 radical (unpaired) electrons. The highest BCUT2D eigenvalue weighted by Crippen LogP contribution is 2.17. The quantitative estimate of drug-likeness (QED) is 0.833. The standard InChI is InChI=1S/C13H13N3OS/c1-9(17)15-13-16-12(8-18-13)7-4-10-2-5-11(14)6-3-10/h2-8H,14H2,1H3,(H,15,16,17)/b7-4+. The summed E-state index contributed by atoms with van der Waals surface area (Å²) in [5.74, 6) is -0.113. The van der Waals surface area contributed by atoms with Gasteiger partial charge in [0.1, 0.15) is 0 Å². The van der Waals surface area contributed by atoms with Crippen LogP contribution in [0.2, 0.25) is 0 Å². The van der Waals surface area contributed by atoms with Gasteiger partial charge in [-0.15, -0.1) is 11.3 Å². The average molecular weight is 259 g/mol. The molecule has 1 aromatic carbocycles. The van der Waals surface area contributed by atoms with Crippen molar-refractivity contribution in [1.82, 2.24) is 4.98 Å². The van der Waals surface area contributed by atoms with Crippen molar-refractivity contribution >= 4 is 40.2 Å². The monoisotopic (exact) mass is 259 g/mol. The van der Waals surface area contributed by atoms with Gasteiger partial charge in [-0.1, -0.05) is 18.2 Å². The lowest BCUT2D eigenvalue weighted by Crippen LogP contribution is -2.04. The number of nitrogen functional groups attached to an aromatic ring is 1. The Bertz CT molecular complexity index is 572. The Morgan fingerprint density at radius 2 is 2.06 bits per heavy atom. The Morgan fingerprint density at radius 3 is 2.72 bits per heavy atom. The summed E-state index contributed by atoms with van der Waals surface area (Å²) >= 11 is 1.40. The number of hydrogen-bond acceptors (Lipinski definition) is 4. The van der Waals surface area contributed by atoms with Crippen LogP contribution in [-0.4, -0.2) is 10.9 Å². The molecular weight excluding hydrogens is 246 g/mol. The van der Waals surface area contributed by atoms with Gasteiger partial charge in [-0.05, 0) is 23.8 Å². The molecule has 92 valence electrons. The van der Waals surface area contributed by atoms with E-state index < -0.39 is 0 Å². The molecule has 2 aromatic rings. The average Bonchev–Trinajstić information content (AvgIpc) is 2.75. The summed E-state index contributed by atoms with van der Waals surface area (Å²) in [6, 6.07) is 7.58. The molecule has 0 fully saturated rings. The fraction of sp³-hybridized carbons (Fsp3) is 0.0769. The molecule has 18 heavy (non-hydrogen) atoms. The van der Waals surface area contributed by atoms with Crippen molar-refractivity contribution in [3.8, 4) is 0 Å². The molecule has 1 heterocycles. The molecule has 0 unspecified atom stereocenters. The molecule has 1 amide bonds. The predicted octanol–water partition coefficient (Wildman–Crippen LogP) is 2.85. The number of thiazole rings is 1. The lowest BCUT2D eigenvalue weighted by atomic mass is 10.2. The Hall–Kier alpha value is -2.14. The van der Waals surface area contributed by atoms with Gasteiger partial charge in [-0.25, -0.2) is 4.98 Å². The fourth-order valence-corrected chi connectivity index (χ4v) is 2.08. The van der Waals surface area contributed by atoms with Crippen molar-refractivity contribution in [2.75, 3.05) is 11.1 Å². The number of aromatic nitrogens is 1. The van der Waals surface area contributed by atoms with Gasteiger partial charge in [0.15, 0.2) is 5.13 Å². The summed E-state index contributed by atoms with van der Waals surface area (Å²) in [6.45, 7) is 1.46. The molecular formula is C13H13N3OS. The highest BCUT2D eigenvalue weighted by atomic mass is 32.1. The van der Waals surface area contributed by atoms with E-state index in [1.54, 1.807) is 0 Å². The lowest BCUT2D eigenvalue weighted by Gasteiger charge is -1.94. The first kappa shape index (κ1) is 12.3. The second-order valence-corrected chi connectivity index (χ2v) is 4.62. The molecule has 3 N–H and O–H groups in total. The first-order chi connectivity index (χ1) is 8.63. The van der Waals surface area contributed by atoms with Crippen LogP contribution in [0.3, 0.4) is 0 Å². The zero-order valence-electron chi connectivity index (χ0n) is 9.88. The molecule has 0 bridgehead atoms. The number of carbonyl (C=O) groups is 1. The summed E-state index contributed by atoms with van der Waals surface area (Å²) in [5.41, 5.74) is 8.23. The number of nitrogens with two attached hydrogens (primary N) is 1. The van der Waals surface area contributed by atoms with Crippen LogP contribution < -0.4 is 11.1 Å². The molecule has 0 spiro atoms. The number of nitrogens with one attached hydrogen (secondary N) is 1. The third kappa shape index (κ3) is 3.43. The molecule has 0 saturated heterocycles. The van der Waals surface area contributed by atoms with Gasteiger partial charge in [0.2, 0.25) is 5.91 Å². The van der Waals surface area contributed by atoms with Crippen molar-refractivity contribution in [2.45, 2.75) is 6.92 Å². The second-order valence-electron chi connectivity index (χ2n) is 3.76. The Kier molecular flexibility index (Phi) is 3.74. The van der Waals surface area contributed by atoms with Gasteiger partial charge in [0, 0.05) is 18.0 Å². The number of nitrogens with zero attached hydrogens (tertiary/aromatic N) is 1.